The normalized spacial score (nSPS) is 9.69. The zero-order valence-corrected chi connectivity index (χ0v) is 28.6. The van der Waals surface area contributed by atoms with Crippen molar-refractivity contribution < 1.29 is 38.6 Å². The van der Waals surface area contributed by atoms with Gasteiger partial charge in [-0.3, -0.25) is 24.5 Å². The fourth-order valence-corrected chi connectivity index (χ4v) is 5.98. The number of hydrogen-bond donors (Lipinski definition) is 2. The Balaban J connectivity index is 0.000000305. The number of hydrogen-bond acceptors (Lipinski definition) is 14. The van der Waals surface area contributed by atoms with Gasteiger partial charge in [-0.25, -0.2) is 0 Å². The Labute approximate surface area is 278 Å². The van der Waals surface area contributed by atoms with Gasteiger partial charge in [-0.2, -0.15) is 0 Å². The van der Waals surface area contributed by atoms with E-state index in [1.807, 2.05) is 47.2 Å². The Bertz CT molecular complexity index is 1380. The molecule has 4 aromatic heterocycles. The van der Waals surface area contributed by atoms with Crippen LogP contribution >= 0.6 is 45.3 Å². The number of nitrogens with two attached hydrogens (primary N) is 1. The highest BCUT2D eigenvalue weighted by Crippen LogP contribution is 2.24. The van der Waals surface area contributed by atoms with Crippen LogP contribution < -0.4 is 5.73 Å². The van der Waals surface area contributed by atoms with Gasteiger partial charge < -0.3 is 25.1 Å². The number of aliphatic hydroxyl groups is 1. The minimum absolute atomic E-state index is 0.114. The van der Waals surface area contributed by atoms with Crippen molar-refractivity contribution in [1.29, 1.82) is 0 Å². The van der Waals surface area contributed by atoms with E-state index in [1.54, 1.807) is 28.7 Å². The molecule has 0 aliphatic carbocycles. The van der Waals surface area contributed by atoms with Crippen molar-refractivity contribution in [3.05, 3.63) is 88.9 Å². The Morgan fingerprint density at radius 2 is 1.16 bits per heavy atom. The SMILES string of the molecule is CC(=O)OCCc1ccc(N)s1.CC(=O)OCCc1ccc([N+](=O)[O-])s1.CC(=O)OCCc1cccs1.OCCc1cccs1. The summed E-state index contributed by atoms with van der Waals surface area (Å²) >= 11 is 6.00. The van der Waals surface area contributed by atoms with Gasteiger partial charge in [-0.1, -0.05) is 23.5 Å². The van der Waals surface area contributed by atoms with E-state index in [0.717, 1.165) is 45.4 Å². The number of nitro groups is 1. The van der Waals surface area contributed by atoms with E-state index in [-0.39, 0.29) is 36.1 Å². The Morgan fingerprint density at radius 1 is 0.711 bits per heavy atom. The molecular formula is C30H38N2O9S4. The summed E-state index contributed by atoms with van der Waals surface area (Å²) < 4.78 is 14.3. The molecule has 45 heavy (non-hydrogen) atoms. The first-order chi connectivity index (χ1) is 21.5. The number of carbonyl (C=O) groups is 3. The van der Waals surface area contributed by atoms with Crippen LogP contribution in [0.4, 0.5) is 10.0 Å². The second kappa shape index (κ2) is 23.7. The average Bonchev–Trinajstić information content (AvgIpc) is 3.79. The first-order valence-electron chi connectivity index (χ1n) is 13.6. The summed E-state index contributed by atoms with van der Waals surface area (Å²) in [4.78, 5) is 45.6. The van der Waals surface area contributed by atoms with Gasteiger partial charge >= 0.3 is 22.9 Å². The van der Waals surface area contributed by atoms with Crippen LogP contribution in [0.2, 0.25) is 0 Å². The third-order valence-corrected chi connectivity index (χ3v) is 8.93. The number of carbonyl (C=O) groups excluding carboxylic acids is 3. The lowest BCUT2D eigenvalue weighted by Crippen LogP contribution is -2.01. The molecule has 11 nitrogen and oxygen atoms in total. The van der Waals surface area contributed by atoms with Crippen LogP contribution in [0.5, 0.6) is 0 Å². The predicted molar refractivity (Wildman–Crippen MR) is 180 cm³/mol. The molecule has 0 aliphatic heterocycles. The molecule has 0 bridgehead atoms. The number of esters is 3. The topological polar surface area (TPSA) is 168 Å². The molecule has 0 atom stereocenters. The highest BCUT2D eigenvalue weighted by atomic mass is 32.1. The Hall–Kier alpha value is -3.63. The van der Waals surface area contributed by atoms with Crippen LogP contribution in [0.3, 0.4) is 0 Å². The van der Waals surface area contributed by atoms with Crippen molar-refractivity contribution in [3.8, 4) is 0 Å². The molecule has 0 amide bonds. The highest BCUT2D eigenvalue weighted by Gasteiger charge is 2.09. The van der Waals surface area contributed by atoms with E-state index in [1.165, 1.54) is 47.9 Å². The minimum Gasteiger partial charge on any atom is -0.465 e. The minimum atomic E-state index is -0.431. The van der Waals surface area contributed by atoms with Crippen LogP contribution in [0, 0.1) is 10.1 Å². The molecule has 0 radical (unpaired) electrons. The largest absolute Gasteiger partial charge is 0.465 e. The molecule has 4 heterocycles. The van der Waals surface area contributed by atoms with Gasteiger partial charge in [0.2, 0.25) is 0 Å². The molecule has 4 aromatic rings. The molecule has 246 valence electrons. The van der Waals surface area contributed by atoms with E-state index >= 15 is 0 Å². The molecule has 3 N–H and O–H groups in total. The summed E-state index contributed by atoms with van der Waals surface area (Å²) in [7, 11) is 0. The molecule has 0 unspecified atom stereocenters. The van der Waals surface area contributed by atoms with Gasteiger partial charge in [0, 0.05) is 78.6 Å². The molecule has 0 spiro atoms. The average molecular weight is 699 g/mol. The maximum Gasteiger partial charge on any atom is 0.324 e. The number of aliphatic hydroxyl groups excluding tert-OH is 1. The van der Waals surface area contributed by atoms with E-state index in [9.17, 15) is 24.5 Å². The quantitative estimate of drug-likeness (QED) is 0.0738. The predicted octanol–water partition coefficient (Wildman–Crippen LogP) is 6.33. The Kier molecular flexibility index (Phi) is 20.8. The number of thiophene rings is 4. The molecular weight excluding hydrogens is 661 g/mol. The summed E-state index contributed by atoms with van der Waals surface area (Å²) in [5, 5.41) is 23.7. The zero-order chi connectivity index (χ0) is 33.5. The lowest BCUT2D eigenvalue weighted by Gasteiger charge is -1.98. The summed E-state index contributed by atoms with van der Waals surface area (Å²) in [5.74, 6) is -0.780. The van der Waals surface area contributed by atoms with E-state index in [4.69, 9.17) is 25.1 Å². The van der Waals surface area contributed by atoms with Crippen LogP contribution in [0.15, 0.2) is 59.3 Å². The number of rotatable bonds is 12. The molecule has 0 aromatic carbocycles. The van der Waals surface area contributed by atoms with Crippen molar-refractivity contribution in [1.82, 2.24) is 0 Å². The maximum absolute atomic E-state index is 10.4. The first kappa shape index (κ1) is 39.4. The summed E-state index contributed by atoms with van der Waals surface area (Å²) in [6.07, 6.45) is 2.91. The van der Waals surface area contributed by atoms with Crippen LogP contribution in [0.25, 0.3) is 0 Å². The second-order valence-electron chi connectivity index (χ2n) is 8.70. The van der Waals surface area contributed by atoms with Gasteiger partial charge in [0.25, 0.3) is 0 Å². The summed E-state index contributed by atoms with van der Waals surface area (Å²) in [6, 6.07) is 15.0. The number of nitrogens with zero attached hydrogens (tertiary/aromatic N) is 1. The van der Waals surface area contributed by atoms with E-state index < -0.39 is 4.92 Å². The van der Waals surface area contributed by atoms with Crippen molar-refractivity contribution in [2.45, 2.75) is 46.5 Å². The maximum atomic E-state index is 10.4. The molecule has 0 saturated heterocycles. The van der Waals surface area contributed by atoms with Gasteiger partial charge in [0.05, 0.1) is 29.7 Å². The Morgan fingerprint density at radius 3 is 1.51 bits per heavy atom. The van der Waals surface area contributed by atoms with Crippen LogP contribution in [-0.2, 0) is 54.3 Å². The number of nitrogen functional groups attached to an aromatic ring is 1. The molecule has 4 rings (SSSR count). The fourth-order valence-electron chi connectivity index (χ4n) is 3.03. The second-order valence-corrected chi connectivity index (χ2v) is 13.1. The molecule has 15 heteroatoms. The van der Waals surface area contributed by atoms with Gasteiger partial charge in [-0.15, -0.1) is 34.0 Å². The smallest absolute Gasteiger partial charge is 0.324 e. The van der Waals surface area contributed by atoms with Crippen molar-refractivity contribution in [2.75, 3.05) is 32.2 Å². The number of ether oxygens (including phenoxy) is 3. The van der Waals surface area contributed by atoms with Crippen molar-refractivity contribution >= 4 is 73.3 Å². The monoisotopic (exact) mass is 698 g/mol. The fraction of sp³-hybridized carbons (Fsp3) is 0.367. The molecule has 0 aliphatic rings. The molecule has 0 saturated carbocycles. The van der Waals surface area contributed by atoms with Crippen molar-refractivity contribution in [3.63, 3.8) is 0 Å². The van der Waals surface area contributed by atoms with Gasteiger partial charge in [0.15, 0.2) is 0 Å². The third-order valence-electron chi connectivity index (χ3n) is 4.99. The first-order valence-corrected chi connectivity index (χ1v) is 17.0. The standard InChI is InChI=1S/C8H9NO4S.C8H11NO2S.C8H10O2S.C6H8OS/c1-6(10)13-5-4-7-2-3-8(14-7)9(11)12;1-6(10)11-5-4-7-2-3-8(9)12-7;1-7(9)10-5-4-8-3-2-6-11-8;7-4-3-6-2-1-5-8-6/h2-3H,4-5H2,1H3;2-3H,4-5,9H2,1H3;2-3,6H,4-5H2,1H3;1-2,5,7H,3-4H2. The lowest BCUT2D eigenvalue weighted by molar-refractivity contribution is -0.380. The lowest BCUT2D eigenvalue weighted by atomic mass is 10.4. The highest BCUT2D eigenvalue weighted by molar-refractivity contribution is 7.16. The summed E-state index contributed by atoms with van der Waals surface area (Å²) in [5.41, 5.74) is 5.52. The van der Waals surface area contributed by atoms with E-state index in [2.05, 4.69) is 0 Å². The van der Waals surface area contributed by atoms with Crippen LogP contribution in [0.1, 0.15) is 40.3 Å². The zero-order valence-electron chi connectivity index (χ0n) is 25.3. The summed E-state index contributed by atoms with van der Waals surface area (Å²) in [6.45, 7) is 5.63. The van der Waals surface area contributed by atoms with Gasteiger partial charge in [-0.05, 0) is 41.1 Å². The number of anilines is 1. The third kappa shape index (κ3) is 20.9. The molecule has 0 fully saturated rings. The van der Waals surface area contributed by atoms with E-state index in [0.29, 0.717) is 19.6 Å². The van der Waals surface area contributed by atoms with Crippen molar-refractivity contribution in [2.24, 2.45) is 0 Å². The van der Waals surface area contributed by atoms with Gasteiger partial charge in [0.1, 0.15) is 0 Å². The van der Waals surface area contributed by atoms with Crippen LogP contribution in [-0.4, -0.2) is 54.4 Å².